The van der Waals surface area contributed by atoms with Gasteiger partial charge in [0.25, 0.3) is 5.91 Å². The highest BCUT2D eigenvalue weighted by molar-refractivity contribution is 6.43. The summed E-state index contributed by atoms with van der Waals surface area (Å²) < 4.78 is 0. The molecule has 1 amide bonds. The Balaban J connectivity index is 2.21. The highest BCUT2D eigenvalue weighted by Gasteiger charge is 2.30. The fraction of sp³-hybridized carbons (Fsp3) is 0.500. The van der Waals surface area contributed by atoms with Gasteiger partial charge in [-0.25, -0.2) is 0 Å². The Morgan fingerprint density at radius 1 is 1.32 bits per heavy atom. The molecule has 1 aromatic rings. The molecule has 2 rings (SSSR count). The van der Waals surface area contributed by atoms with Crippen molar-refractivity contribution < 1.29 is 9.90 Å². The fourth-order valence-electron chi connectivity index (χ4n) is 2.55. The minimum Gasteiger partial charge on any atom is -0.391 e. The number of rotatable bonds is 2. The third kappa shape index (κ3) is 3.04. The molecule has 1 aliphatic carbocycles. The maximum absolute atomic E-state index is 12.4. The standard InChI is InChI=1S/C14H17Cl2NO2/c1-17(11-7-2-3-8-12(11)18)14(19)9-5-4-6-10(15)13(9)16/h4-6,11-12,18H,2-3,7-8H2,1H3. The zero-order chi connectivity index (χ0) is 14.0. The second kappa shape index (κ2) is 6.12. The van der Waals surface area contributed by atoms with Crippen LogP contribution < -0.4 is 0 Å². The number of hydrogen-bond donors (Lipinski definition) is 1. The number of benzene rings is 1. The molecule has 1 N–H and O–H groups in total. The number of aliphatic hydroxyl groups is 1. The van der Waals surface area contributed by atoms with Crippen molar-refractivity contribution in [2.45, 2.75) is 37.8 Å². The SMILES string of the molecule is CN(C(=O)c1cccc(Cl)c1Cl)C1CCCCC1O. The van der Waals surface area contributed by atoms with Crippen molar-refractivity contribution >= 4 is 29.1 Å². The van der Waals surface area contributed by atoms with E-state index in [1.54, 1.807) is 30.1 Å². The summed E-state index contributed by atoms with van der Waals surface area (Å²) in [4.78, 5) is 14.0. The molecule has 0 heterocycles. The number of carbonyl (C=O) groups excluding carboxylic acids is 1. The van der Waals surface area contributed by atoms with Gasteiger partial charge in [-0.05, 0) is 25.0 Å². The minimum atomic E-state index is -0.458. The third-order valence-corrected chi connectivity index (χ3v) is 4.51. The van der Waals surface area contributed by atoms with Gasteiger partial charge in [0.15, 0.2) is 0 Å². The lowest BCUT2D eigenvalue weighted by Crippen LogP contribution is -2.46. The van der Waals surface area contributed by atoms with Crippen molar-refractivity contribution in [2.24, 2.45) is 0 Å². The van der Waals surface area contributed by atoms with E-state index >= 15 is 0 Å². The van der Waals surface area contributed by atoms with Gasteiger partial charge in [-0.2, -0.15) is 0 Å². The van der Waals surface area contributed by atoms with Crippen molar-refractivity contribution in [3.8, 4) is 0 Å². The lowest BCUT2D eigenvalue weighted by Gasteiger charge is -2.35. The Morgan fingerprint density at radius 3 is 2.68 bits per heavy atom. The molecule has 1 saturated carbocycles. The molecule has 0 aliphatic heterocycles. The first-order valence-corrected chi connectivity index (χ1v) is 7.17. The average Bonchev–Trinajstić information content (AvgIpc) is 2.41. The summed E-state index contributed by atoms with van der Waals surface area (Å²) in [6.07, 6.45) is 3.15. The number of halogens is 2. The lowest BCUT2D eigenvalue weighted by atomic mass is 9.91. The molecule has 2 atom stereocenters. The predicted octanol–water partition coefficient (Wildman–Crippen LogP) is 3.37. The average molecular weight is 302 g/mol. The number of aliphatic hydroxyl groups excluding tert-OH is 1. The fourth-order valence-corrected chi connectivity index (χ4v) is 2.93. The maximum Gasteiger partial charge on any atom is 0.255 e. The van der Waals surface area contributed by atoms with Gasteiger partial charge < -0.3 is 10.0 Å². The summed E-state index contributed by atoms with van der Waals surface area (Å²) in [5.41, 5.74) is 0.384. The Labute approximate surface area is 123 Å². The molecule has 0 spiro atoms. The van der Waals surface area contributed by atoms with E-state index in [-0.39, 0.29) is 17.0 Å². The topological polar surface area (TPSA) is 40.5 Å². The third-order valence-electron chi connectivity index (χ3n) is 3.69. The monoisotopic (exact) mass is 301 g/mol. The summed E-state index contributed by atoms with van der Waals surface area (Å²) in [7, 11) is 1.71. The van der Waals surface area contributed by atoms with Crippen LogP contribution in [0.5, 0.6) is 0 Å². The molecule has 0 bridgehead atoms. The highest BCUT2D eigenvalue weighted by Crippen LogP contribution is 2.29. The zero-order valence-corrected chi connectivity index (χ0v) is 12.3. The Morgan fingerprint density at radius 2 is 2.00 bits per heavy atom. The smallest absolute Gasteiger partial charge is 0.255 e. The molecule has 19 heavy (non-hydrogen) atoms. The number of amides is 1. The maximum atomic E-state index is 12.4. The lowest BCUT2D eigenvalue weighted by molar-refractivity contribution is 0.0268. The van der Waals surface area contributed by atoms with Gasteiger partial charge in [0.2, 0.25) is 0 Å². The van der Waals surface area contributed by atoms with Gasteiger partial charge in [0.05, 0.1) is 27.8 Å². The number of carbonyl (C=O) groups is 1. The first-order chi connectivity index (χ1) is 9.02. The first-order valence-electron chi connectivity index (χ1n) is 6.41. The second-order valence-corrected chi connectivity index (χ2v) is 5.72. The van der Waals surface area contributed by atoms with E-state index in [4.69, 9.17) is 23.2 Å². The Bertz CT molecular complexity index is 479. The van der Waals surface area contributed by atoms with Gasteiger partial charge >= 0.3 is 0 Å². The van der Waals surface area contributed by atoms with Crippen LogP contribution in [-0.4, -0.2) is 35.1 Å². The predicted molar refractivity (Wildman–Crippen MR) is 76.8 cm³/mol. The quantitative estimate of drug-likeness (QED) is 0.910. The van der Waals surface area contributed by atoms with Crippen LogP contribution in [0.25, 0.3) is 0 Å². The van der Waals surface area contributed by atoms with Gasteiger partial charge in [0.1, 0.15) is 0 Å². The van der Waals surface area contributed by atoms with E-state index < -0.39 is 6.10 Å². The van der Waals surface area contributed by atoms with E-state index in [9.17, 15) is 9.90 Å². The van der Waals surface area contributed by atoms with Crippen LogP contribution in [-0.2, 0) is 0 Å². The summed E-state index contributed by atoms with van der Waals surface area (Å²) in [5.74, 6) is -0.196. The van der Waals surface area contributed by atoms with Gasteiger partial charge in [-0.1, -0.05) is 42.1 Å². The molecule has 1 aliphatic rings. The summed E-state index contributed by atoms with van der Waals surface area (Å²) >= 11 is 12.0. The molecular weight excluding hydrogens is 285 g/mol. The molecule has 104 valence electrons. The molecule has 0 aromatic heterocycles. The molecule has 0 saturated heterocycles. The van der Waals surface area contributed by atoms with Crippen LogP contribution in [0.3, 0.4) is 0 Å². The molecule has 2 unspecified atom stereocenters. The molecule has 1 aromatic carbocycles. The largest absolute Gasteiger partial charge is 0.391 e. The molecule has 1 fully saturated rings. The number of nitrogens with zero attached hydrogens (tertiary/aromatic N) is 1. The van der Waals surface area contributed by atoms with Crippen molar-refractivity contribution in [1.29, 1.82) is 0 Å². The van der Waals surface area contributed by atoms with Crippen molar-refractivity contribution in [3.05, 3.63) is 33.8 Å². The molecule has 3 nitrogen and oxygen atoms in total. The first kappa shape index (κ1) is 14.6. The van der Waals surface area contributed by atoms with E-state index in [0.29, 0.717) is 10.6 Å². The summed E-state index contributed by atoms with van der Waals surface area (Å²) in [6.45, 7) is 0. The van der Waals surface area contributed by atoms with Crippen LogP contribution in [0.4, 0.5) is 0 Å². The van der Waals surface area contributed by atoms with Crippen LogP contribution in [0.1, 0.15) is 36.0 Å². The van der Waals surface area contributed by atoms with Crippen molar-refractivity contribution in [2.75, 3.05) is 7.05 Å². The van der Waals surface area contributed by atoms with E-state index in [1.165, 1.54) is 0 Å². The Kier molecular flexibility index (Phi) is 4.71. The number of hydrogen-bond acceptors (Lipinski definition) is 2. The molecule has 0 radical (unpaired) electrons. The summed E-state index contributed by atoms with van der Waals surface area (Å²) in [6, 6.07) is 4.86. The van der Waals surface area contributed by atoms with Gasteiger partial charge in [0, 0.05) is 7.05 Å². The van der Waals surface area contributed by atoms with Crippen LogP contribution in [0.2, 0.25) is 10.0 Å². The van der Waals surface area contributed by atoms with Crippen molar-refractivity contribution in [1.82, 2.24) is 4.90 Å². The van der Waals surface area contributed by atoms with Gasteiger partial charge in [-0.15, -0.1) is 0 Å². The van der Waals surface area contributed by atoms with E-state index in [2.05, 4.69) is 0 Å². The molecular formula is C14H17Cl2NO2. The normalized spacial score (nSPS) is 23.2. The highest BCUT2D eigenvalue weighted by atomic mass is 35.5. The van der Waals surface area contributed by atoms with Crippen LogP contribution >= 0.6 is 23.2 Å². The minimum absolute atomic E-state index is 0.142. The van der Waals surface area contributed by atoms with Gasteiger partial charge in [-0.3, -0.25) is 4.79 Å². The van der Waals surface area contributed by atoms with Crippen LogP contribution in [0.15, 0.2) is 18.2 Å². The second-order valence-electron chi connectivity index (χ2n) is 4.94. The van der Waals surface area contributed by atoms with Crippen LogP contribution in [0, 0.1) is 0 Å². The zero-order valence-electron chi connectivity index (χ0n) is 10.8. The van der Waals surface area contributed by atoms with E-state index in [0.717, 1.165) is 25.7 Å². The number of likely N-dealkylation sites (N-methyl/N-ethyl adjacent to an activating group) is 1. The van der Waals surface area contributed by atoms with E-state index in [1.807, 2.05) is 0 Å². The summed E-state index contributed by atoms with van der Waals surface area (Å²) in [5, 5.41) is 10.6. The Hall–Kier alpha value is -0.770. The van der Waals surface area contributed by atoms with Crippen molar-refractivity contribution in [3.63, 3.8) is 0 Å². The molecule has 5 heteroatoms.